The number of halogens is 1. The van der Waals surface area contributed by atoms with E-state index >= 15 is 0 Å². The number of hydrogen-bond donors (Lipinski definition) is 0. The zero-order chi connectivity index (χ0) is 13.5. The highest BCUT2D eigenvalue weighted by molar-refractivity contribution is 9.09. The van der Waals surface area contributed by atoms with Crippen LogP contribution in [-0.4, -0.2) is 42.0 Å². The van der Waals surface area contributed by atoms with Gasteiger partial charge in [-0.3, -0.25) is 9.88 Å². The Labute approximate surface area is 122 Å². The SMILES string of the molecule is COCCN(CCBr)Cc1ccc2ncccc2c1. The van der Waals surface area contributed by atoms with E-state index < -0.39 is 0 Å². The van der Waals surface area contributed by atoms with Gasteiger partial charge in [0.1, 0.15) is 0 Å². The molecule has 0 saturated carbocycles. The fourth-order valence-electron chi connectivity index (χ4n) is 2.09. The summed E-state index contributed by atoms with van der Waals surface area (Å²) in [5.74, 6) is 0. The second-order valence-corrected chi connectivity index (χ2v) is 5.28. The number of benzene rings is 1. The van der Waals surface area contributed by atoms with Crippen LogP contribution in [0.2, 0.25) is 0 Å². The van der Waals surface area contributed by atoms with Gasteiger partial charge < -0.3 is 4.74 Å². The number of pyridine rings is 1. The van der Waals surface area contributed by atoms with Crippen LogP contribution in [0.25, 0.3) is 10.9 Å². The molecule has 102 valence electrons. The second kappa shape index (κ2) is 7.58. The summed E-state index contributed by atoms with van der Waals surface area (Å²) in [4.78, 5) is 6.73. The molecule has 1 aromatic carbocycles. The first kappa shape index (κ1) is 14.4. The molecule has 0 spiro atoms. The zero-order valence-corrected chi connectivity index (χ0v) is 12.8. The van der Waals surface area contributed by atoms with E-state index in [0.29, 0.717) is 0 Å². The molecule has 19 heavy (non-hydrogen) atoms. The van der Waals surface area contributed by atoms with Crippen molar-refractivity contribution in [1.29, 1.82) is 0 Å². The van der Waals surface area contributed by atoms with Gasteiger partial charge in [0, 0.05) is 43.7 Å². The van der Waals surface area contributed by atoms with Crippen LogP contribution in [-0.2, 0) is 11.3 Å². The number of nitrogens with zero attached hydrogens (tertiary/aromatic N) is 2. The molecule has 1 aromatic heterocycles. The lowest BCUT2D eigenvalue weighted by Crippen LogP contribution is -2.28. The van der Waals surface area contributed by atoms with Gasteiger partial charge in [-0.2, -0.15) is 0 Å². The predicted octanol–water partition coefficient (Wildman–Crippen LogP) is 3.08. The van der Waals surface area contributed by atoms with Crippen molar-refractivity contribution in [1.82, 2.24) is 9.88 Å². The molecule has 0 aliphatic heterocycles. The largest absolute Gasteiger partial charge is 0.383 e. The first-order valence-electron chi connectivity index (χ1n) is 6.44. The average Bonchev–Trinajstić information content (AvgIpc) is 2.45. The lowest BCUT2D eigenvalue weighted by molar-refractivity contribution is 0.148. The summed E-state index contributed by atoms with van der Waals surface area (Å²) in [6.45, 7) is 3.68. The third kappa shape index (κ3) is 4.27. The van der Waals surface area contributed by atoms with Gasteiger partial charge in [-0.1, -0.05) is 28.1 Å². The second-order valence-electron chi connectivity index (χ2n) is 4.49. The van der Waals surface area contributed by atoms with Gasteiger partial charge >= 0.3 is 0 Å². The van der Waals surface area contributed by atoms with E-state index in [2.05, 4.69) is 50.1 Å². The minimum absolute atomic E-state index is 0.766. The van der Waals surface area contributed by atoms with Crippen LogP contribution in [0.3, 0.4) is 0 Å². The standard InChI is InChI=1S/C15H19BrN2O/c1-19-10-9-18(8-6-16)12-13-4-5-15-14(11-13)3-2-7-17-15/h2-5,7,11H,6,8-10,12H2,1H3. The highest BCUT2D eigenvalue weighted by atomic mass is 79.9. The van der Waals surface area contributed by atoms with E-state index in [1.165, 1.54) is 10.9 Å². The van der Waals surface area contributed by atoms with Gasteiger partial charge in [0.2, 0.25) is 0 Å². The lowest BCUT2D eigenvalue weighted by Gasteiger charge is -2.21. The van der Waals surface area contributed by atoms with E-state index in [-0.39, 0.29) is 0 Å². The summed E-state index contributed by atoms with van der Waals surface area (Å²) < 4.78 is 5.16. The van der Waals surface area contributed by atoms with Gasteiger partial charge in [-0.05, 0) is 23.8 Å². The molecule has 2 aromatic rings. The summed E-state index contributed by atoms with van der Waals surface area (Å²) in [6, 6.07) is 10.6. The molecule has 4 heteroatoms. The summed E-state index contributed by atoms with van der Waals surface area (Å²) in [6.07, 6.45) is 1.83. The Balaban J connectivity index is 2.09. The number of alkyl halides is 1. The molecule has 0 atom stereocenters. The topological polar surface area (TPSA) is 25.4 Å². The van der Waals surface area contributed by atoms with Crippen LogP contribution in [0.5, 0.6) is 0 Å². The Kier molecular flexibility index (Phi) is 5.76. The maximum atomic E-state index is 5.16. The highest BCUT2D eigenvalue weighted by Crippen LogP contribution is 2.14. The molecule has 0 unspecified atom stereocenters. The van der Waals surface area contributed by atoms with Crippen molar-refractivity contribution in [3.8, 4) is 0 Å². The van der Waals surface area contributed by atoms with Gasteiger partial charge in [-0.15, -0.1) is 0 Å². The van der Waals surface area contributed by atoms with E-state index in [1.807, 2.05) is 12.3 Å². The van der Waals surface area contributed by atoms with Crippen molar-refractivity contribution in [3.63, 3.8) is 0 Å². The summed E-state index contributed by atoms with van der Waals surface area (Å²) in [7, 11) is 1.74. The molecule has 2 rings (SSSR count). The van der Waals surface area contributed by atoms with Gasteiger partial charge in [0.05, 0.1) is 12.1 Å². The number of ether oxygens (including phenoxy) is 1. The minimum atomic E-state index is 0.766. The van der Waals surface area contributed by atoms with Crippen LogP contribution in [0, 0.1) is 0 Å². The molecule has 0 aliphatic carbocycles. The van der Waals surface area contributed by atoms with Crippen LogP contribution < -0.4 is 0 Å². The molecular formula is C15H19BrN2O. The zero-order valence-electron chi connectivity index (χ0n) is 11.2. The lowest BCUT2D eigenvalue weighted by atomic mass is 10.1. The Hall–Kier alpha value is -0.970. The Bertz CT molecular complexity index is 518. The fraction of sp³-hybridized carbons (Fsp3) is 0.400. The Morgan fingerprint density at radius 2 is 2.16 bits per heavy atom. The smallest absolute Gasteiger partial charge is 0.0702 e. The van der Waals surface area contributed by atoms with Crippen LogP contribution >= 0.6 is 15.9 Å². The average molecular weight is 323 g/mol. The summed E-state index contributed by atoms with van der Waals surface area (Å²) >= 11 is 3.50. The van der Waals surface area contributed by atoms with Crippen molar-refractivity contribution >= 4 is 26.8 Å². The normalized spacial score (nSPS) is 11.3. The Morgan fingerprint density at radius 3 is 2.95 bits per heavy atom. The molecular weight excluding hydrogens is 304 g/mol. The van der Waals surface area contributed by atoms with Crippen molar-refractivity contribution < 1.29 is 4.74 Å². The molecule has 1 heterocycles. The summed E-state index contributed by atoms with van der Waals surface area (Å²) in [5.41, 5.74) is 2.37. The van der Waals surface area contributed by atoms with Crippen molar-refractivity contribution in [3.05, 3.63) is 42.1 Å². The number of hydrogen-bond acceptors (Lipinski definition) is 3. The van der Waals surface area contributed by atoms with Crippen molar-refractivity contribution in [2.75, 3.05) is 32.1 Å². The molecule has 0 bridgehead atoms. The first-order valence-corrected chi connectivity index (χ1v) is 7.56. The van der Waals surface area contributed by atoms with Crippen molar-refractivity contribution in [2.24, 2.45) is 0 Å². The molecule has 0 aliphatic rings. The van der Waals surface area contributed by atoms with Gasteiger partial charge in [0.25, 0.3) is 0 Å². The maximum Gasteiger partial charge on any atom is 0.0702 e. The van der Waals surface area contributed by atoms with Crippen LogP contribution in [0.1, 0.15) is 5.56 Å². The predicted molar refractivity (Wildman–Crippen MR) is 82.7 cm³/mol. The quantitative estimate of drug-likeness (QED) is 0.732. The molecule has 0 fully saturated rings. The first-order chi connectivity index (χ1) is 9.33. The third-order valence-electron chi connectivity index (χ3n) is 3.09. The number of aromatic nitrogens is 1. The van der Waals surface area contributed by atoms with E-state index in [0.717, 1.165) is 37.1 Å². The maximum absolute atomic E-state index is 5.16. The molecule has 0 amide bonds. The third-order valence-corrected chi connectivity index (χ3v) is 3.44. The van der Waals surface area contributed by atoms with E-state index in [1.54, 1.807) is 7.11 Å². The number of fused-ring (bicyclic) bond motifs is 1. The number of rotatable bonds is 7. The van der Waals surface area contributed by atoms with Gasteiger partial charge in [-0.25, -0.2) is 0 Å². The molecule has 0 saturated heterocycles. The van der Waals surface area contributed by atoms with Gasteiger partial charge in [0.15, 0.2) is 0 Å². The van der Waals surface area contributed by atoms with E-state index in [9.17, 15) is 0 Å². The monoisotopic (exact) mass is 322 g/mol. The number of methoxy groups -OCH3 is 1. The minimum Gasteiger partial charge on any atom is -0.383 e. The molecule has 0 radical (unpaired) electrons. The Morgan fingerprint density at radius 1 is 1.26 bits per heavy atom. The molecule has 0 N–H and O–H groups in total. The van der Waals surface area contributed by atoms with Crippen LogP contribution in [0.4, 0.5) is 0 Å². The van der Waals surface area contributed by atoms with Crippen LogP contribution in [0.15, 0.2) is 36.5 Å². The van der Waals surface area contributed by atoms with Crippen molar-refractivity contribution in [2.45, 2.75) is 6.54 Å². The molecule has 3 nitrogen and oxygen atoms in total. The highest BCUT2D eigenvalue weighted by Gasteiger charge is 2.06. The summed E-state index contributed by atoms with van der Waals surface area (Å²) in [5, 5.41) is 2.18. The fourth-order valence-corrected chi connectivity index (χ4v) is 2.59. The van der Waals surface area contributed by atoms with E-state index in [4.69, 9.17) is 4.74 Å².